The van der Waals surface area contributed by atoms with E-state index < -0.39 is 61.0 Å². The van der Waals surface area contributed by atoms with Crippen molar-refractivity contribution in [3.8, 4) is 11.5 Å². The second kappa shape index (κ2) is 13.1. The van der Waals surface area contributed by atoms with Crippen molar-refractivity contribution in [1.82, 2.24) is 9.64 Å². The highest BCUT2D eigenvalue weighted by Gasteiger charge is 2.40. The van der Waals surface area contributed by atoms with Gasteiger partial charge in [0.1, 0.15) is 24.1 Å². The lowest BCUT2D eigenvalue weighted by Gasteiger charge is -2.48. The molecule has 0 N–H and O–H groups in total. The molecular formula is C32H37N4O11S2-. The molecule has 4 aliphatic heterocycles. The van der Waals surface area contributed by atoms with E-state index in [1.54, 1.807) is 12.1 Å². The molecular weight excluding hydrogens is 681 g/mol. The Bertz CT molecular complexity index is 2060. The van der Waals surface area contributed by atoms with Gasteiger partial charge in [-0.15, -0.1) is 5.06 Å². The first kappa shape index (κ1) is 34.9. The molecule has 0 aromatic heterocycles. The summed E-state index contributed by atoms with van der Waals surface area (Å²) in [5.41, 5.74) is 2.06. The fraction of sp³-hybridized carbons (Fsp3) is 0.531. The minimum absolute atomic E-state index is 0.00996. The highest BCUT2D eigenvalue weighted by atomic mass is 32.2. The largest absolute Gasteiger partial charge is 0.748 e. The first-order valence-electron chi connectivity index (χ1n) is 16.2. The van der Waals surface area contributed by atoms with Crippen molar-refractivity contribution in [1.29, 1.82) is 0 Å². The fourth-order valence-corrected chi connectivity index (χ4v) is 8.49. The van der Waals surface area contributed by atoms with E-state index in [1.165, 1.54) is 0 Å². The van der Waals surface area contributed by atoms with Crippen LogP contribution in [-0.2, 0) is 45.9 Å². The van der Waals surface area contributed by atoms with Crippen LogP contribution in [0.15, 0.2) is 29.3 Å². The van der Waals surface area contributed by atoms with Crippen molar-refractivity contribution in [2.24, 2.45) is 4.99 Å². The number of benzene rings is 2. The number of anilines is 1. The van der Waals surface area contributed by atoms with Gasteiger partial charge in [-0.25, -0.2) is 31.2 Å². The van der Waals surface area contributed by atoms with E-state index in [4.69, 9.17) is 14.6 Å². The molecule has 6 rings (SSSR count). The van der Waals surface area contributed by atoms with E-state index >= 15 is 0 Å². The molecule has 1 unspecified atom stereocenters. The molecule has 0 bridgehead atoms. The van der Waals surface area contributed by atoms with Gasteiger partial charge in [-0.1, -0.05) is 0 Å². The molecule has 1 saturated heterocycles. The van der Waals surface area contributed by atoms with Crippen LogP contribution >= 0.6 is 0 Å². The average Bonchev–Trinajstić information content (AvgIpc) is 3.30. The van der Waals surface area contributed by atoms with Crippen LogP contribution in [0.5, 0.6) is 11.5 Å². The number of carbonyl (C=O) groups is 3. The van der Waals surface area contributed by atoms with Crippen molar-refractivity contribution in [2.45, 2.75) is 76.7 Å². The second-order valence-electron chi connectivity index (χ2n) is 13.5. The predicted molar refractivity (Wildman–Crippen MR) is 172 cm³/mol. The minimum atomic E-state index is -4.59. The van der Waals surface area contributed by atoms with E-state index in [9.17, 15) is 40.3 Å². The van der Waals surface area contributed by atoms with Crippen LogP contribution in [0.25, 0.3) is 0 Å². The first-order valence-corrected chi connectivity index (χ1v) is 19.3. The van der Waals surface area contributed by atoms with Crippen LogP contribution in [-0.4, -0.2) is 85.5 Å². The normalized spacial score (nSPS) is 19.8. The van der Waals surface area contributed by atoms with Crippen molar-refractivity contribution in [2.75, 3.05) is 36.0 Å². The Morgan fingerprint density at radius 3 is 2.45 bits per heavy atom. The number of amides is 2. The Morgan fingerprint density at radius 2 is 1.76 bits per heavy atom. The number of nitrogens with zero attached hydrogens (tertiary/aromatic N) is 4. The summed E-state index contributed by atoms with van der Waals surface area (Å²) in [5.74, 6) is -2.66. The van der Waals surface area contributed by atoms with Crippen LogP contribution in [0.3, 0.4) is 0 Å². The van der Waals surface area contributed by atoms with Gasteiger partial charge in [-0.3, -0.25) is 9.59 Å². The predicted octanol–water partition coefficient (Wildman–Crippen LogP) is 1.12. The van der Waals surface area contributed by atoms with Crippen molar-refractivity contribution in [3.05, 3.63) is 46.1 Å². The zero-order valence-electron chi connectivity index (χ0n) is 27.2. The standard InChI is InChI=1S/C32H38N4O11S2/c1-32(2)18-21(19-49(43,44)45)22-15-24-28(17-26(22)35(32)12-4-7-31(39)47-36-29(37)8-9-30(36)38)46-27-16-25-20(14-23(27)33-24)6-3-10-34(25)11-5-13-48(40,41)42/h14-17,21H,3-13,18-19H2,1-2H3,(H-,40,41,42,43,44,45)/p-1. The average molecular weight is 718 g/mol. The van der Waals surface area contributed by atoms with Gasteiger partial charge >= 0.3 is 5.97 Å². The quantitative estimate of drug-likeness (QED) is 0.155. The SMILES string of the molecule is CC1(C)CC(CS(=O)(=O)[O-])c2cc3c(cc2N1CCCC(=O)ON1C(=O)CCC1=O)Oc1cc2c(cc1=N3)CCC[N+]=2CCCS(=O)(=O)[O-]. The summed E-state index contributed by atoms with van der Waals surface area (Å²) in [7, 11) is -8.91. The van der Waals surface area contributed by atoms with E-state index in [0.717, 1.165) is 23.8 Å². The van der Waals surface area contributed by atoms with Crippen LogP contribution in [0.4, 0.5) is 11.4 Å². The summed E-state index contributed by atoms with van der Waals surface area (Å²) in [6, 6.07) is 7.29. The summed E-state index contributed by atoms with van der Waals surface area (Å²) >= 11 is 0. The lowest BCUT2D eigenvalue weighted by molar-refractivity contribution is -0.197. The number of ether oxygens (including phenoxy) is 1. The smallest absolute Gasteiger partial charge is 0.333 e. The summed E-state index contributed by atoms with van der Waals surface area (Å²) < 4.78 is 77.9. The van der Waals surface area contributed by atoms with Gasteiger partial charge in [-0.05, 0) is 50.8 Å². The maximum atomic E-state index is 12.5. The number of aryl methyl sites for hydroxylation is 1. The number of carbonyl (C=O) groups excluding carboxylic acids is 3. The monoisotopic (exact) mass is 717 g/mol. The fourth-order valence-electron chi connectivity index (χ4n) is 7.22. The van der Waals surface area contributed by atoms with E-state index in [-0.39, 0.29) is 32.1 Å². The van der Waals surface area contributed by atoms with Gasteiger partial charge < -0.3 is 23.6 Å². The lowest BCUT2D eigenvalue weighted by Crippen LogP contribution is -2.50. The summed E-state index contributed by atoms with van der Waals surface area (Å²) in [5, 5.41) is 1.96. The van der Waals surface area contributed by atoms with Gasteiger partial charge in [0, 0.05) is 78.9 Å². The molecule has 0 spiro atoms. The number of hydroxylamine groups is 2. The first-order chi connectivity index (χ1) is 23.0. The maximum absolute atomic E-state index is 12.5. The Balaban J connectivity index is 1.31. The van der Waals surface area contributed by atoms with E-state index in [2.05, 4.69) is 0 Å². The molecule has 4 aliphatic rings. The van der Waals surface area contributed by atoms with Crippen molar-refractivity contribution < 1.29 is 49.9 Å². The zero-order chi connectivity index (χ0) is 35.3. The van der Waals surface area contributed by atoms with Crippen LogP contribution in [0, 0.1) is 0 Å². The molecule has 17 heteroatoms. The summed E-state index contributed by atoms with van der Waals surface area (Å²) in [6.07, 6.45) is 2.30. The van der Waals surface area contributed by atoms with Crippen LogP contribution in [0.1, 0.15) is 75.8 Å². The number of imide groups is 1. The van der Waals surface area contributed by atoms with Gasteiger partial charge in [0.25, 0.3) is 11.8 Å². The molecule has 2 aromatic carbocycles. The van der Waals surface area contributed by atoms with Crippen molar-refractivity contribution in [3.63, 3.8) is 0 Å². The molecule has 0 aliphatic carbocycles. The van der Waals surface area contributed by atoms with Gasteiger partial charge in [0.15, 0.2) is 11.5 Å². The van der Waals surface area contributed by atoms with Crippen molar-refractivity contribution >= 4 is 49.4 Å². The number of fused-ring (bicyclic) bond motifs is 4. The zero-order valence-corrected chi connectivity index (χ0v) is 28.8. The molecule has 0 saturated carbocycles. The second-order valence-corrected chi connectivity index (χ2v) is 16.5. The molecule has 49 heavy (non-hydrogen) atoms. The molecule has 264 valence electrons. The number of rotatable bonds is 11. The highest BCUT2D eigenvalue weighted by molar-refractivity contribution is 7.85. The lowest BCUT2D eigenvalue weighted by atomic mass is 9.79. The third-order valence-electron chi connectivity index (χ3n) is 9.34. The Morgan fingerprint density at radius 1 is 1.02 bits per heavy atom. The van der Waals surface area contributed by atoms with Gasteiger partial charge in [0.05, 0.1) is 26.3 Å². The Labute approximate surface area is 283 Å². The molecule has 1 fully saturated rings. The minimum Gasteiger partial charge on any atom is -0.748 e. The topological polar surface area (TPSA) is 206 Å². The number of hydrogen-bond acceptors (Lipinski definition) is 13. The number of hydrogen-bond donors (Lipinski definition) is 0. The van der Waals surface area contributed by atoms with E-state index in [0.29, 0.717) is 64.9 Å². The van der Waals surface area contributed by atoms with Crippen LogP contribution in [0.2, 0.25) is 0 Å². The molecule has 2 aromatic rings. The summed E-state index contributed by atoms with van der Waals surface area (Å²) in [4.78, 5) is 48.1. The van der Waals surface area contributed by atoms with Gasteiger partial charge in [0.2, 0.25) is 5.36 Å². The highest BCUT2D eigenvalue weighted by Crippen LogP contribution is 2.49. The molecule has 15 nitrogen and oxygen atoms in total. The molecule has 4 heterocycles. The third-order valence-corrected chi connectivity index (χ3v) is 10.9. The Hall–Kier alpha value is -3.93. The third kappa shape index (κ3) is 7.79. The van der Waals surface area contributed by atoms with Crippen LogP contribution < -0.4 is 24.9 Å². The van der Waals surface area contributed by atoms with E-state index in [1.807, 2.05) is 35.5 Å². The molecule has 2 amide bonds. The maximum Gasteiger partial charge on any atom is 0.333 e. The summed E-state index contributed by atoms with van der Waals surface area (Å²) in [6.45, 7) is 5.24. The molecule has 1 atom stereocenters. The molecule has 0 radical (unpaired) electrons. The Kier molecular flexibility index (Phi) is 9.32. The van der Waals surface area contributed by atoms with Gasteiger partial charge in [-0.2, -0.15) is 0 Å².